The van der Waals surface area contributed by atoms with Gasteiger partial charge in [-0.05, 0) is 50.5 Å². The Bertz CT molecular complexity index is 942. The summed E-state index contributed by atoms with van der Waals surface area (Å²) in [5.74, 6) is 0.709. The van der Waals surface area contributed by atoms with Crippen LogP contribution in [-0.2, 0) is 11.8 Å². The fourth-order valence-electron chi connectivity index (χ4n) is 3.35. The van der Waals surface area contributed by atoms with Gasteiger partial charge in [-0.15, -0.1) is 0 Å². The third-order valence-electron chi connectivity index (χ3n) is 5.02. The van der Waals surface area contributed by atoms with Crippen LogP contribution in [0.15, 0.2) is 37.1 Å². The molecule has 0 saturated carbocycles. The predicted molar refractivity (Wildman–Crippen MR) is 101 cm³/mol. The van der Waals surface area contributed by atoms with Crippen LogP contribution in [0.5, 0.6) is 0 Å². The minimum Gasteiger partial charge on any atom is -0.332 e. The molecule has 4 rings (SSSR count). The quantitative estimate of drug-likeness (QED) is 0.784. The first-order valence-electron chi connectivity index (χ1n) is 8.82. The molecule has 1 N–H and O–H groups in total. The first kappa shape index (κ1) is 16.7. The summed E-state index contributed by atoms with van der Waals surface area (Å²) in [5, 5.41) is 4.91. The number of carbonyl (C=O) groups is 1. The number of nitrogens with one attached hydrogen (secondary N) is 1. The number of pyridine rings is 2. The number of fused-ring (bicyclic) bond motifs is 1. The maximum Gasteiger partial charge on any atom is 0.228 e. The fourth-order valence-corrected chi connectivity index (χ4v) is 3.35. The van der Waals surface area contributed by atoms with Gasteiger partial charge in [-0.3, -0.25) is 9.78 Å². The normalized spacial score (nSPS) is 16.1. The van der Waals surface area contributed by atoms with Crippen LogP contribution in [0.3, 0.4) is 0 Å². The van der Waals surface area contributed by atoms with Crippen molar-refractivity contribution in [1.82, 2.24) is 24.4 Å². The minimum absolute atomic E-state index is 0.0610. The van der Waals surface area contributed by atoms with Crippen LogP contribution in [-0.4, -0.2) is 50.5 Å². The van der Waals surface area contributed by atoms with Gasteiger partial charge in [0.1, 0.15) is 5.82 Å². The Hall–Kier alpha value is -2.80. The molecule has 1 aliphatic heterocycles. The number of likely N-dealkylation sites (tertiary alicyclic amines) is 1. The predicted octanol–water partition coefficient (Wildman–Crippen LogP) is 2.31. The van der Waals surface area contributed by atoms with Gasteiger partial charge >= 0.3 is 0 Å². The van der Waals surface area contributed by atoms with Gasteiger partial charge in [0.05, 0.1) is 23.9 Å². The summed E-state index contributed by atoms with van der Waals surface area (Å²) in [4.78, 5) is 27.8. The van der Waals surface area contributed by atoms with Crippen LogP contribution in [0, 0.1) is 5.92 Å². The number of hydrogen-bond acceptors (Lipinski definition) is 5. The topological polar surface area (TPSA) is 75.9 Å². The summed E-state index contributed by atoms with van der Waals surface area (Å²) in [5.41, 5.74) is 1.79. The van der Waals surface area contributed by atoms with Crippen molar-refractivity contribution < 1.29 is 4.79 Å². The summed E-state index contributed by atoms with van der Waals surface area (Å²) in [6.45, 7) is 1.92. The van der Waals surface area contributed by atoms with Crippen LogP contribution >= 0.6 is 0 Å². The lowest BCUT2D eigenvalue weighted by molar-refractivity contribution is -0.121. The molecular weight excluding hydrogens is 328 g/mol. The molecule has 1 amide bonds. The van der Waals surface area contributed by atoms with E-state index in [-0.39, 0.29) is 11.8 Å². The smallest absolute Gasteiger partial charge is 0.228 e. The van der Waals surface area contributed by atoms with Gasteiger partial charge in [0.25, 0.3) is 0 Å². The van der Waals surface area contributed by atoms with Gasteiger partial charge < -0.3 is 14.8 Å². The van der Waals surface area contributed by atoms with Crippen molar-refractivity contribution >= 4 is 22.5 Å². The number of carbonyl (C=O) groups excluding carboxylic acids is 1. The van der Waals surface area contributed by atoms with Crippen LogP contribution in [0.25, 0.3) is 22.2 Å². The van der Waals surface area contributed by atoms with Crippen molar-refractivity contribution in [3.05, 3.63) is 37.1 Å². The minimum atomic E-state index is 0.0610. The van der Waals surface area contributed by atoms with Gasteiger partial charge in [0.15, 0.2) is 0 Å². The zero-order valence-electron chi connectivity index (χ0n) is 15.0. The number of nitrogens with zero attached hydrogens (tertiary/aromatic N) is 5. The average Bonchev–Trinajstić information content (AvgIpc) is 3.07. The molecule has 3 aromatic rings. The molecule has 0 unspecified atom stereocenters. The summed E-state index contributed by atoms with van der Waals surface area (Å²) < 4.78 is 1.93. The van der Waals surface area contributed by atoms with Gasteiger partial charge in [0, 0.05) is 30.7 Å². The zero-order valence-corrected chi connectivity index (χ0v) is 15.0. The Morgan fingerprint density at radius 1 is 1.08 bits per heavy atom. The Labute approximate surface area is 152 Å². The van der Waals surface area contributed by atoms with E-state index < -0.39 is 0 Å². The molecule has 0 bridgehead atoms. The van der Waals surface area contributed by atoms with E-state index in [9.17, 15) is 4.79 Å². The number of piperidine rings is 1. The Balaban J connectivity index is 1.56. The maximum absolute atomic E-state index is 12.5. The molecule has 0 radical (unpaired) electrons. The highest BCUT2D eigenvalue weighted by Crippen LogP contribution is 2.23. The standard InChI is InChI=1S/C19H22N6O/c1-24-5-3-13(4-6-24)19(26)23-18-8-14-7-16(17-11-20-12-25(17)2)21-9-15(14)10-22-18/h7-13H,3-6H2,1-2H3,(H,22,23,26). The number of imidazole rings is 1. The van der Waals surface area contributed by atoms with Crippen LogP contribution < -0.4 is 5.32 Å². The summed E-state index contributed by atoms with van der Waals surface area (Å²) in [7, 11) is 4.03. The lowest BCUT2D eigenvalue weighted by Crippen LogP contribution is -2.36. The zero-order chi connectivity index (χ0) is 18.1. The van der Waals surface area contributed by atoms with Crippen molar-refractivity contribution in [3.8, 4) is 11.4 Å². The molecule has 7 nitrogen and oxygen atoms in total. The van der Waals surface area contributed by atoms with Gasteiger partial charge in [-0.1, -0.05) is 0 Å². The number of amides is 1. The van der Waals surface area contributed by atoms with Crippen LogP contribution in [0.4, 0.5) is 5.82 Å². The van der Waals surface area contributed by atoms with Crippen molar-refractivity contribution in [2.75, 3.05) is 25.5 Å². The third kappa shape index (κ3) is 3.30. The van der Waals surface area contributed by atoms with E-state index in [2.05, 4.69) is 32.2 Å². The first-order chi connectivity index (χ1) is 12.6. The van der Waals surface area contributed by atoms with Crippen molar-refractivity contribution in [2.45, 2.75) is 12.8 Å². The Kier molecular flexibility index (Phi) is 4.38. The molecule has 0 aliphatic carbocycles. The second-order valence-electron chi connectivity index (χ2n) is 6.94. The molecule has 0 atom stereocenters. The molecular formula is C19H22N6O. The van der Waals surface area contributed by atoms with E-state index in [4.69, 9.17) is 0 Å². The second kappa shape index (κ2) is 6.84. The summed E-state index contributed by atoms with van der Waals surface area (Å²) in [6.07, 6.45) is 8.88. The van der Waals surface area contributed by atoms with E-state index in [0.29, 0.717) is 5.82 Å². The van der Waals surface area contributed by atoms with Crippen LogP contribution in [0.2, 0.25) is 0 Å². The highest BCUT2D eigenvalue weighted by atomic mass is 16.1. The molecule has 1 aliphatic rings. The summed E-state index contributed by atoms with van der Waals surface area (Å²) in [6, 6.07) is 3.91. The Morgan fingerprint density at radius 3 is 2.58 bits per heavy atom. The molecule has 7 heteroatoms. The number of aromatic nitrogens is 4. The molecule has 0 spiro atoms. The highest BCUT2D eigenvalue weighted by molar-refractivity contribution is 5.94. The highest BCUT2D eigenvalue weighted by Gasteiger charge is 2.23. The molecule has 3 aromatic heterocycles. The van der Waals surface area contributed by atoms with Crippen molar-refractivity contribution in [2.24, 2.45) is 13.0 Å². The summed E-state index contributed by atoms with van der Waals surface area (Å²) >= 11 is 0. The fraction of sp³-hybridized carbons (Fsp3) is 0.368. The maximum atomic E-state index is 12.5. The van der Waals surface area contributed by atoms with Gasteiger partial charge in [0.2, 0.25) is 5.91 Å². The van der Waals surface area contributed by atoms with Crippen LogP contribution in [0.1, 0.15) is 12.8 Å². The molecule has 0 aromatic carbocycles. The monoisotopic (exact) mass is 350 g/mol. The average molecular weight is 350 g/mol. The van der Waals surface area contributed by atoms with E-state index in [0.717, 1.165) is 48.1 Å². The SMILES string of the molecule is CN1CCC(C(=O)Nc2cc3cc(-c4cncn4C)ncc3cn2)CC1. The number of hydrogen-bond donors (Lipinski definition) is 1. The first-order valence-corrected chi connectivity index (χ1v) is 8.82. The van der Waals surface area contributed by atoms with Crippen molar-refractivity contribution in [1.29, 1.82) is 0 Å². The number of anilines is 1. The van der Waals surface area contributed by atoms with Crippen molar-refractivity contribution in [3.63, 3.8) is 0 Å². The van der Waals surface area contributed by atoms with E-state index in [1.807, 2.05) is 23.7 Å². The number of aryl methyl sites for hydroxylation is 1. The molecule has 134 valence electrons. The molecule has 1 saturated heterocycles. The van der Waals surface area contributed by atoms with Gasteiger partial charge in [-0.25, -0.2) is 9.97 Å². The van der Waals surface area contributed by atoms with E-state index >= 15 is 0 Å². The lowest BCUT2D eigenvalue weighted by Gasteiger charge is -2.27. The third-order valence-corrected chi connectivity index (χ3v) is 5.02. The van der Waals surface area contributed by atoms with E-state index in [1.165, 1.54) is 0 Å². The van der Waals surface area contributed by atoms with Gasteiger partial charge in [-0.2, -0.15) is 0 Å². The van der Waals surface area contributed by atoms with E-state index in [1.54, 1.807) is 24.9 Å². The number of rotatable bonds is 3. The Morgan fingerprint density at radius 2 is 1.85 bits per heavy atom. The molecule has 26 heavy (non-hydrogen) atoms. The lowest BCUT2D eigenvalue weighted by atomic mass is 9.96. The largest absolute Gasteiger partial charge is 0.332 e. The molecule has 4 heterocycles. The molecule has 1 fully saturated rings. The second-order valence-corrected chi connectivity index (χ2v) is 6.94.